The van der Waals surface area contributed by atoms with E-state index in [2.05, 4.69) is 16.0 Å². The van der Waals surface area contributed by atoms with Crippen molar-refractivity contribution in [2.45, 2.75) is 69.4 Å². The van der Waals surface area contributed by atoms with Crippen molar-refractivity contribution in [2.24, 2.45) is 5.92 Å². The van der Waals surface area contributed by atoms with Crippen LogP contribution in [-0.2, 0) is 4.79 Å². The minimum atomic E-state index is -3.10. The van der Waals surface area contributed by atoms with Crippen LogP contribution in [0, 0.1) is 5.92 Å². The fourth-order valence-electron chi connectivity index (χ4n) is 4.07. The fraction of sp³-hybridized carbons (Fsp3) is 0.625. The fourth-order valence-corrected chi connectivity index (χ4v) is 4.24. The lowest BCUT2D eigenvalue weighted by Crippen LogP contribution is -2.50. The summed E-state index contributed by atoms with van der Waals surface area (Å²) in [5.41, 5.74) is -0.0770. The number of halogens is 5. The standard InChI is InChI=1S/C24H33ClF4N4O4/c1-23(26,27)9-8-18(19(34)21(36)30-2)31-20(35)16-12-15(25)4-5-17(16)32-22(37)33(3)13-14-6-10-24(28,29)11-7-14/h4-5,12,14,18-19,34H,6-11,13H2,1-3H3,(H,30,36)(H,31,35)(H,32,37)/t18-,19-/m0/s1. The number of nitrogens with one attached hydrogen (secondary N) is 3. The van der Waals surface area contributed by atoms with Gasteiger partial charge in [-0.25, -0.2) is 22.4 Å². The molecule has 0 bridgehead atoms. The number of urea groups is 1. The van der Waals surface area contributed by atoms with Gasteiger partial charge in [0.25, 0.3) is 11.8 Å². The van der Waals surface area contributed by atoms with Crippen LogP contribution in [0.3, 0.4) is 0 Å². The SMILES string of the molecule is CNC(=O)[C@@H](O)[C@H](CCC(C)(F)F)NC(=O)c1cc(Cl)ccc1NC(=O)N(C)CC1CCC(F)(F)CC1. The predicted octanol–water partition coefficient (Wildman–Crippen LogP) is 4.27. The first kappa shape index (κ1) is 30.6. The highest BCUT2D eigenvalue weighted by molar-refractivity contribution is 6.31. The summed E-state index contributed by atoms with van der Waals surface area (Å²) in [4.78, 5) is 39.1. The number of amides is 4. The van der Waals surface area contributed by atoms with Gasteiger partial charge in [-0.05, 0) is 50.3 Å². The Balaban J connectivity index is 2.14. The second-order valence-electron chi connectivity index (χ2n) is 9.55. The summed E-state index contributed by atoms with van der Waals surface area (Å²) in [6, 6.07) is 2.09. The number of hydrogen-bond donors (Lipinski definition) is 4. The highest BCUT2D eigenvalue weighted by Gasteiger charge is 2.36. The van der Waals surface area contributed by atoms with Crippen molar-refractivity contribution in [3.63, 3.8) is 0 Å². The third kappa shape index (κ3) is 9.66. The van der Waals surface area contributed by atoms with Crippen LogP contribution in [0.1, 0.15) is 55.8 Å². The number of benzene rings is 1. The summed E-state index contributed by atoms with van der Waals surface area (Å²) in [5.74, 6) is -7.60. The number of alkyl halides is 4. The van der Waals surface area contributed by atoms with Crippen molar-refractivity contribution >= 4 is 35.1 Å². The molecule has 0 heterocycles. The van der Waals surface area contributed by atoms with Gasteiger partial charge in [-0.3, -0.25) is 9.59 Å². The lowest BCUT2D eigenvalue weighted by Gasteiger charge is -2.31. The van der Waals surface area contributed by atoms with Crippen LogP contribution in [0.25, 0.3) is 0 Å². The molecule has 37 heavy (non-hydrogen) atoms. The molecule has 1 aliphatic carbocycles. The Morgan fingerprint density at radius 2 is 1.86 bits per heavy atom. The van der Waals surface area contributed by atoms with E-state index < -0.39 is 54.7 Å². The zero-order chi connectivity index (χ0) is 28.0. The van der Waals surface area contributed by atoms with E-state index in [-0.39, 0.29) is 54.4 Å². The topological polar surface area (TPSA) is 111 Å². The van der Waals surface area contributed by atoms with E-state index in [9.17, 15) is 37.1 Å². The number of aliphatic hydroxyl groups is 1. The van der Waals surface area contributed by atoms with E-state index in [1.807, 2.05) is 0 Å². The molecule has 1 aromatic rings. The molecule has 8 nitrogen and oxygen atoms in total. The number of likely N-dealkylation sites (N-methyl/N-ethyl adjacent to an activating group) is 1. The Morgan fingerprint density at radius 1 is 1.24 bits per heavy atom. The average Bonchev–Trinajstić information content (AvgIpc) is 2.82. The molecule has 0 unspecified atom stereocenters. The zero-order valence-corrected chi connectivity index (χ0v) is 21.7. The molecule has 0 radical (unpaired) electrons. The monoisotopic (exact) mass is 552 g/mol. The summed E-state index contributed by atoms with van der Waals surface area (Å²) >= 11 is 6.03. The van der Waals surface area contributed by atoms with Gasteiger partial charge in [0.2, 0.25) is 11.8 Å². The third-order valence-electron chi connectivity index (χ3n) is 6.29. The highest BCUT2D eigenvalue weighted by Crippen LogP contribution is 2.36. The highest BCUT2D eigenvalue weighted by atomic mass is 35.5. The first-order chi connectivity index (χ1) is 17.1. The summed E-state index contributed by atoms with van der Waals surface area (Å²) in [6.07, 6.45) is -2.82. The van der Waals surface area contributed by atoms with Crippen molar-refractivity contribution in [2.75, 3.05) is 26.0 Å². The predicted molar refractivity (Wildman–Crippen MR) is 131 cm³/mol. The molecule has 208 valence electrons. The molecule has 0 spiro atoms. The Labute approximate surface area is 218 Å². The van der Waals surface area contributed by atoms with Gasteiger partial charge in [-0.2, -0.15) is 0 Å². The van der Waals surface area contributed by atoms with E-state index in [0.29, 0.717) is 6.92 Å². The van der Waals surface area contributed by atoms with Gasteiger partial charge in [-0.15, -0.1) is 0 Å². The maximum atomic E-state index is 13.4. The largest absolute Gasteiger partial charge is 0.381 e. The van der Waals surface area contributed by atoms with Gasteiger partial charge >= 0.3 is 6.03 Å². The van der Waals surface area contributed by atoms with E-state index in [1.54, 1.807) is 0 Å². The Bertz CT molecular complexity index is 967. The Morgan fingerprint density at radius 3 is 2.43 bits per heavy atom. The molecule has 1 fully saturated rings. The minimum absolute atomic E-state index is 0.0444. The van der Waals surface area contributed by atoms with Crippen LogP contribution in [0.4, 0.5) is 28.0 Å². The van der Waals surface area contributed by atoms with Crippen LogP contribution >= 0.6 is 11.6 Å². The van der Waals surface area contributed by atoms with Crippen molar-refractivity contribution in [1.82, 2.24) is 15.5 Å². The molecule has 1 aromatic carbocycles. The molecule has 13 heteroatoms. The van der Waals surface area contributed by atoms with Gasteiger partial charge in [0.05, 0.1) is 17.3 Å². The number of hydrogen-bond acceptors (Lipinski definition) is 4. The molecular formula is C24H33ClF4N4O4. The zero-order valence-electron chi connectivity index (χ0n) is 20.9. The number of anilines is 1. The smallest absolute Gasteiger partial charge is 0.321 e. The normalized spacial score (nSPS) is 17.4. The van der Waals surface area contributed by atoms with Crippen LogP contribution in [0.2, 0.25) is 5.02 Å². The van der Waals surface area contributed by atoms with Gasteiger partial charge in [0.1, 0.15) is 0 Å². The molecule has 1 aliphatic rings. The van der Waals surface area contributed by atoms with Gasteiger partial charge in [0.15, 0.2) is 6.10 Å². The first-order valence-electron chi connectivity index (χ1n) is 11.9. The summed E-state index contributed by atoms with van der Waals surface area (Å²) in [7, 11) is 2.75. The third-order valence-corrected chi connectivity index (χ3v) is 6.53. The molecule has 4 amide bonds. The minimum Gasteiger partial charge on any atom is -0.381 e. The lowest BCUT2D eigenvalue weighted by atomic mass is 9.86. The Hall–Kier alpha value is -2.60. The molecule has 0 aliphatic heterocycles. The summed E-state index contributed by atoms with van der Waals surface area (Å²) < 4.78 is 53.7. The number of rotatable bonds is 10. The van der Waals surface area contributed by atoms with Crippen molar-refractivity contribution in [3.8, 4) is 0 Å². The molecule has 4 N–H and O–H groups in total. The second-order valence-corrected chi connectivity index (χ2v) is 9.98. The lowest BCUT2D eigenvalue weighted by molar-refractivity contribution is -0.130. The molecule has 2 rings (SSSR count). The van der Waals surface area contributed by atoms with Gasteiger partial charge < -0.3 is 26.0 Å². The van der Waals surface area contributed by atoms with Crippen LogP contribution in [0.15, 0.2) is 18.2 Å². The van der Waals surface area contributed by atoms with Crippen LogP contribution in [0.5, 0.6) is 0 Å². The maximum absolute atomic E-state index is 13.4. The number of nitrogens with zero attached hydrogens (tertiary/aromatic N) is 1. The van der Waals surface area contributed by atoms with Gasteiger partial charge in [0, 0.05) is 44.9 Å². The van der Waals surface area contributed by atoms with Gasteiger partial charge in [-0.1, -0.05) is 11.6 Å². The second kappa shape index (κ2) is 12.8. The number of carbonyl (C=O) groups is 3. The Kier molecular flexibility index (Phi) is 10.6. The maximum Gasteiger partial charge on any atom is 0.321 e. The van der Waals surface area contributed by atoms with E-state index in [1.165, 1.54) is 37.2 Å². The molecule has 1 saturated carbocycles. The average molecular weight is 553 g/mol. The molecule has 0 aromatic heterocycles. The van der Waals surface area contributed by atoms with E-state index >= 15 is 0 Å². The first-order valence-corrected chi connectivity index (χ1v) is 12.3. The van der Waals surface area contributed by atoms with Crippen molar-refractivity contribution in [3.05, 3.63) is 28.8 Å². The molecule has 2 atom stereocenters. The van der Waals surface area contributed by atoms with E-state index in [0.717, 1.165) is 0 Å². The van der Waals surface area contributed by atoms with Crippen LogP contribution < -0.4 is 16.0 Å². The molecular weight excluding hydrogens is 520 g/mol. The summed E-state index contributed by atoms with van der Waals surface area (Å²) in [5, 5.41) is 17.6. The number of carbonyl (C=O) groups excluding carboxylic acids is 3. The summed E-state index contributed by atoms with van der Waals surface area (Å²) in [6.45, 7) is 0.917. The van der Waals surface area contributed by atoms with Crippen LogP contribution in [-0.4, -0.2) is 72.5 Å². The van der Waals surface area contributed by atoms with Crippen molar-refractivity contribution in [1.29, 1.82) is 0 Å². The van der Waals surface area contributed by atoms with E-state index in [4.69, 9.17) is 11.6 Å². The number of aliphatic hydroxyl groups excluding tert-OH is 1. The van der Waals surface area contributed by atoms with Crippen molar-refractivity contribution < 1.29 is 37.1 Å². The quantitative estimate of drug-likeness (QED) is 0.325. The molecule has 0 saturated heterocycles.